The van der Waals surface area contributed by atoms with E-state index >= 15 is 0 Å². The van der Waals surface area contributed by atoms with E-state index in [-0.39, 0.29) is 28.4 Å². The van der Waals surface area contributed by atoms with Crippen LogP contribution in [0.3, 0.4) is 0 Å². The number of rotatable bonds is 13. The van der Waals surface area contributed by atoms with Crippen molar-refractivity contribution in [3.8, 4) is 40.2 Å². The number of hydrogen-bond acceptors (Lipinski definition) is 23. The predicted molar refractivity (Wildman–Crippen MR) is 215 cm³/mol. The van der Waals surface area contributed by atoms with Crippen LogP contribution in [0.25, 0.3) is 12.2 Å². The summed E-state index contributed by atoms with van der Waals surface area (Å²) in [5.74, 6) is -3.93. The molecule has 3 saturated heterocycles. The molecule has 0 amide bonds. The van der Waals surface area contributed by atoms with Gasteiger partial charge in [-0.2, -0.15) is 0 Å². The third-order valence-electron chi connectivity index (χ3n) is 11.2. The molecule has 24 heteroatoms. The number of phenolic OH excluding ortho intramolecular Hbond substituents is 5. The van der Waals surface area contributed by atoms with Crippen molar-refractivity contribution in [1.29, 1.82) is 0 Å². The zero-order valence-electron chi connectivity index (χ0n) is 34.1. The largest absolute Gasteiger partial charge is 0.571 e. The Kier molecular flexibility index (Phi) is 14.8. The number of aliphatic hydroxyl groups is 11. The molecule has 0 saturated carbocycles. The van der Waals surface area contributed by atoms with Gasteiger partial charge < -0.3 is 114 Å². The van der Waals surface area contributed by atoms with E-state index in [0.29, 0.717) is 5.56 Å². The van der Waals surface area contributed by atoms with Crippen molar-refractivity contribution in [3.63, 3.8) is 0 Å². The number of hydrogen-bond donors (Lipinski definition) is 15. The van der Waals surface area contributed by atoms with E-state index in [1.165, 1.54) is 36.4 Å². The third-order valence-corrected chi connectivity index (χ3v) is 11.2. The van der Waals surface area contributed by atoms with Crippen LogP contribution in [0.5, 0.6) is 40.2 Å². The number of esters is 1. The second kappa shape index (κ2) is 20.1. The Bertz CT molecular complexity index is 2250. The molecule has 4 aliphatic rings. The molecule has 360 valence electrons. The minimum Gasteiger partial charge on any atom is -0.571 e. The van der Waals surface area contributed by atoms with Gasteiger partial charge in [-0.05, 0) is 42.0 Å². The second-order valence-corrected chi connectivity index (χ2v) is 15.7. The number of aromatic hydroxyl groups is 6. The molecule has 16 atom stereocenters. The molecule has 0 aromatic heterocycles. The molecule has 0 bridgehead atoms. The summed E-state index contributed by atoms with van der Waals surface area (Å²) in [6.07, 6.45) is -25.4. The molecular weight excluding hydrogens is 888 g/mol. The van der Waals surface area contributed by atoms with Crippen LogP contribution in [0.15, 0.2) is 60.4 Å². The van der Waals surface area contributed by atoms with Gasteiger partial charge in [0.25, 0.3) is 11.9 Å². The molecular formula is C42H49O24+. The maximum Gasteiger partial charge on any atom is 0.330 e. The van der Waals surface area contributed by atoms with Crippen LogP contribution in [0.2, 0.25) is 0 Å². The van der Waals surface area contributed by atoms with Gasteiger partial charge in [0.1, 0.15) is 90.8 Å². The molecule has 24 nitrogen and oxygen atoms in total. The summed E-state index contributed by atoms with van der Waals surface area (Å²) in [5.41, 5.74) is 0.420. The number of phenols is 5. The molecule has 4 heterocycles. The Morgan fingerprint density at radius 3 is 1.86 bits per heavy atom. The molecule has 4 aliphatic heterocycles. The van der Waals surface area contributed by atoms with Gasteiger partial charge in [-0.25, -0.2) is 4.79 Å². The highest BCUT2D eigenvalue weighted by molar-refractivity contribution is 5.87. The summed E-state index contributed by atoms with van der Waals surface area (Å²) in [6, 6.07) is 9.56. The van der Waals surface area contributed by atoms with Gasteiger partial charge in [-0.1, -0.05) is 6.07 Å². The smallest absolute Gasteiger partial charge is 0.330 e. The number of fused-ring (bicyclic) bond motifs is 1. The van der Waals surface area contributed by atoms with E-state index in [0.717, 1.165) is 30.3 Å². The molecule has 0 spiro atoms. The SMILES string of the molecule is O=C(C=Cc1ccc(O)c(O)c1)OCC1OC(OC2C(OC3=Cc4c(OC5OC(CO)C(O)C(O)C5O)cc(O)cc4[OH+]C3c3ccc(O)c(O)c3)OC(CO)C(O)C2O)C(O)C(O)C1O. The Labute approximate surface area is 372 Å². The van der Waals surface area contributed by atoms with Crippen LogP contribution in [-0.4, -0.2) is 199 Å². The summed E-state index contributed by atoms with van der Waals surface area (Å²) in [7, 11) is 0. The quantitative estimate of drug-likeness (QED) is 0.0344. The molecule has 7 rings (SSSR count). The van der Waals surface area contributed by atoms with Crippen molar-refractivity contribution in [1.82, 2.24) is 0 Å². The summed E-state index contributed by atoms with van der Waals surface area (Å²) in [4.78, 5) is 12.6. The number of ether oxygens (including phenoxy) is 8. The molecule has 0 aliphatic carbocycles. The Morgan fingerprint density at radius 2 is 1.21 bits per heavy atom. The lowest BCUT2D eigenvalue weighted by atomic mass is 9.97. The van der Waals surface area contributed by atoms with Crippen molar-refractivity contribution >= 4 is 18.1 Å². The zero-order valence-corrected chi connectivity index (χ0v) is 34.1. The van der Waals surface area contributed by atoms with Crippen molar-refractivity contribution < 1.29 is 119 Å². The van der Waals surface area contributed by atoms with Gasteiger partial charge in [0.2, 0.25) is 12.6 Å². The standard InChI is InChI=1S/C42H48O24/c43-12-26-30(51)33(54)36(57)40(63-26)61-24-10-17(45)9-23-18(24)11-25(38(60-23)16-3-5-20(47)22(49)8-16)62-42-39(35(56)31(52)27(13-44)64-42)66-41-37(58)34(55)32(53)28(65-41)14-59-29(50)6-2-15-1-4-19(46)21(48)7-15/h1-11,26-28,30-49,51-58H,12-14H2/p+1. The van der Waals surface area contributed by atoms with E-state index < -0.39 is 153 Å². The third kappa shape index (κ3) is 10.1. The molecule has 3 fully saturated rings. The van der Waals surface area contributed by atoms with Crippen molar-refractivity contribution in [2.45, 2.75) is 98.2 Å². The van der Waals surface area contributed by atoms with Crippen molar-refractivity contribution in [3.05, 3.63) is 77.1 Å². The number of benzene rings is 3. The molecule has 66 heavy (non-hydrogen) atoms. The van der Waals surface area contributed by atoms with Crippen LogP contribution >= 0.6 is 0 Å². The summed E-state index contributed by atoms with van der Waals surface area (Å²) >= 11 is 0. The fourth-order valence-electron chi connectivity index (χ4n) is 7.48. The minimum absolute atomic E-state index is 0.0110. The average molecular weight is 938 g/mol. The van der Waals surface area contributed by atoms with Gasteiger partial charge in [-0.15, -0.1) is 0 Å². The van der Waals surface area contributed by atoms with Gasteiger partial charge in [0.15, 0.2) is 41.2 Å². The van der Waals surface area contributed by atoms with Gasteiger partial charge in [-0.3, -0.25) is 0 Å². The van der Waals surface area contributed by atoms with E-state index in [2.05, 4.69) is 4.74 Å². The normalized spacial score (nSPS) is 34.5. The van der Waals surface area contributed by atoms with Gasteiger partial charge in [0, 0.05) is 18.2 Å². The van der Waals surface area contributed by atoms with Crippen molar-refractivity contribution in [2.75, 3.05) is 19.8 Å². The predicted octanol–water partition coefficient (Wildman–Crippen LogP) is -3.36. The number of carbonyl (C=O) groups excluding carboxylic acids is 1. The fourth-order valence-corrected chi connectivity index (χ4v) is 7.48. The van der Waals surface area contributed by atoms with E-state index in [4.69, 9.17) is 33.2 Å². The maximum atomic E-state index is 12.6. The van der Waals surface area contributed by atoms with Crippen LogP contribution in [0.1, 0.15) is 22.8 Å². The topological polar surface area (TPSA) is 398 Å². The zero-order chi connectivity index (χ0) is 47.7. The van der Waals surface area contributed by atoms with E-state index in [9.17, 15) is 81.4 Å². The highest BCUT2D eigenvalue weighted by atomic mass is 16.8. The lowest BCUT2D eigenvalue weighted by Crippen LogP contribution is -2.64. The Hall–Kier alpha value is -5.55. The molecule has 0 radical (unpaired) electrons. The van der Waals surface area contributed by atoms with Crippen molar-refractivity contribution in [2.24, 2.45) is 0 Å². The fraction of sp³-hybridized carbons (Fsp3) is 0.452. The van der Waals surface area contributed by atoms with Crippen LogP contribution in [-0.2, 0) is 33.2 Å². The molecule has 3 aromatic rings. The van der Waals surface area contributed by atoms with Gasteiger partial charge in [0.05, 0.1) is 24.8 Å². The van der Waals surface area contributed by atoms with Crippen LogP contribution in [0.4, 0.5) is 0 Å². The highest BCUT2D eigenvalue weighted by Gasteiger charge is 2.53. The first-order valence-corrected chi connectivity index (χ1v) is 20.2. The van der Waals surface area contributed by atoms with Gasteiger partial charge >= 0.3 is 5.97 Å². The summed E-state index contributed by atoms with van der Waals surface area (Å²) in [5, 5.41) is 157. The monoisotopic (exact) mass is 937 g/mol. The van der Waals surface area contributed by atoms with Crippen LogP contribution < -0.4 is 4.74 Å². The maximum absolute atomic E-state index is 12.6. The molecule has 16 N–H and O–H groups in total. The Morgan fingerprint density at radius 1 is 0.621 bits per heavy atom. The summed E-state index contributed by atoms with van der Waals surface area (Å²) < 4.78 is 44.9. The minimum atomic E-state index is -2.08. The highest BCUT2D eigenvalue weighted by Crippen LogP contribution is 2.47. The molecule has 3 aromatic carbocycles. The van der Waals surface area contributed by atoms with E-state index in [1.807, 2.05) is 0 Å². The average Bonchev–Trinajstić information content (AvgIpc) is 3.29. The number of aliphatic hydroxyl groups excluding tert-OH is 10. The lowest BCUT2D eigenvalue weighted by molar-refractivity contribution is -0.364. The van der Waals surface area contributed by atoms with Crippen LogP contribution in [0, 0.1) is 0 Å². The van der Waals surface area contributed by atoms with E-state index in [1.54, 1.807) is 0 Å². The molecule has 16 unspecified atom stereocenters. The second-order valence-electron chi connectivity index (χ2n) is 15.7. The summed E-state index contributed by atoms with van der Waals surface area (Å²) in [6.45, 7) is -2.43. The Balaban J connectivity index is 1.18. The first-order chi connectivity index (χ1) is 31.4. The first-order valence-electron chi connectivity index (χ1n) is 20.2. The first kappa shape index (κ1) is 48.4. The number of carbonyl (C=O) groups is 1. The lowest BCUT2D eigenvalue weighted by Gasteiger charge is -2.46.